The fourth-order valence-corrected chi connectivity index (χ4v) is 4.86. The van der Waals surface area contributed by atoms with Gasteiger partial charge in [-0.25, -0.2) is 9.18 Å². The maximum Gasteiger partial charge on any atom is 0.410 e. The van der Waals surface area contributed by atoms with Crippen molar-refractivity contribution in [1.29, 1.82) is 0 Å². The zero-order valence-corrected chi connectivity index (χ0v) is 20.5. The smallest absolute Gasteiger partial charge is 0.410 e. The third-order valence-corrected chi connectivity index (χ3v) is 6.85. The summed E-state index contributed by atoms with van der Waals surface area (Å²) in [6.45, 7) is 0.480. The fourth-order valence-electron chi connectivity index (χ4n) is 4.68. The second kappa shape index (κ2) is 11.1. The first-order valence-electron chi connectivity index (χ1n) is 11.7. The number of nitrogens with zero attached hydrogens (tertiary/aromatic N) is 1. The van der Waals surface area contributed by atoms with Crippen LogP contribution in [-0.4, -0.2) is 41.2 Å². The minimum atomic E-state index is -1.13. The van der Waals surface area contributed by atoms with Crippen LogP contribution in [0.15, 0.2) is 72.8 Å². The minimum absolute atomic E-state index is 0.0522. The second-order valence-corrected chi connectivity index (χ2v) is 9.72. The molecule has 1 amide bonds. The summed E-state index contributed by atoms with van der Waals surface area (Å²) in [5.74, 6) is -1.33. The molecule has 1 fully saturated rings. The Kier molecular flexibility index (Phi) is 7.91. The number of benzene rings is 3. The SMILES string of the molecule is NC(Cc1ccc(-c2cc(Cl)ccc2F)cc1)CC1(C(=O)O)CCN(C(=O)OCc2ccccc2)C1. The van der Waals surface area contributed by atoms with E-state index in [1.807, 2.05) is 42.5 Å². The normalized spacial score (nSPS) is 18.1. The van der Waals surface area contributed by atoms with Crippen molar-refractivity contribution < 1.29 is 23.8 Å². The van der Waals surface area contributed by atoms with E-state index in [0.717, 1.165) is 11.1 Å². The number of rotatable bonds is 8. The van der Waals surface area contributed by atoms with Crippen LogP contribution in [0.5, 0.6) is 0 Å². The van der Waals surface area contributed by atoms with E-state index in [0.29, 0.717) is 35.5 Å². The topological polar surface area (TPSA) is 92.9 Å². The first-order chi connectivity index (χ1) is 17.3. The van der Waals surface area contributed by atoms with Crippen molar-refractivity contribution >= 4 is 23.7 Å². The number of carbonyl (C=O) groups excluding carboxylic acids is 1. The summed E-state index contributed by atoms with van der Waals surface area (Å²) in [6.07, 6.45) is 0.449. The number of halogens is 2. The van der Waals surface area contributed by atoms with Gasteiger partial charge >= 0.3 is 12.1 Å². The van der Waals surface area contributed by atoms with Crippen LogP contribution < -0.4 is 5.73 Å². The van der Waals surface area contributed by atoms with E-state index in [1.54, 1.807) is 18.2 Å². The summed E-state index contributed by atoms with van der Waals surface area (Å²) in [4.78, 5) is 26.2. The molecular formula is C28H28ClFN2O4. The summed E-state index contributed by atoms with van der Waals surface area (Å²) in [5.41, 5.74) is 8.12. The average molecular weight is 511 g/mol. The molecule has 2 atom stereocenters. The number of carboxylic acid groups (broad SMARTS) is 1. The van der Waals surface area contributed by atoms with Crippen molar-refractivity contribution in [3.05, 3.63) is 94.8 Å². The van der Waals surface area contributed by atoms with E-state index < -0.39 is 23.5 Å². The van der Waals surface area contributed by atoms with Gasteiger partial charge in [0.15, 0.2) is 0 Å². The van der Waals surface area contributed by atoms with Crippen LogP contribution >= 0.6 is 11.6 Å². The number of carbonyl (C=O) groups is 2. The zero-order chi connectivity index (χ0) is 25.7. The van der Waals surface area contributed by atoms with Gasteiger partial charge in [0.25, 0.3) is 0 Å². The average Bonchev–Trinajstić information content (AvgIpc) is 3.30. The van der Waals surface area contributed by atoms with Gasteiger partial charge in [-0.05, 0) is 54.2 Å². The van der Waals surface area contributed by atoms with Gasteiger partial charge in [0.05, 0.1) is 5.41 Å². The highest BCUT2D eigenvalue weighted by molar-refractivity contribution is 6.30. The lowest BCUT2D eigenvalue weighted by atomic mass is 9.79. The lowest BCUT2D eigenvalue weighted by Crippen LogP contribution is -2.42. The highest BCUT2D eigenvalue weighted by Gasteiger charge is 2.47. The summed E-state index contributed by atoms with van der Waals surface area (Å²) in [7, 11) is 0. The van der Waals surface area contributed by atoms with E-state index in [1.165, 1.54) is 17.0 Å². The first-order valence-corrected chi connectivity index (χ1v) is 12.1. The van der Waals surface area contributed by atoms with Gasteiger partial charge in [-0.2, -0.15) is 0 Å². The van der Waals surface area contributed by atoms with E-state index >= 15 is 0 Å². The highest BCUT2D eigenvalue weighted by Crippen LogP contribution is 2.36. The van der Waals surface area contributed by atoms with Crippen molar-refractivity contribution in [1.82, 2.24) is 4.90 Å². The Labute approximate surface area is 214 Å². The lowest BCUT2D eigenvalue weighted by molar-refractivity contribution is -0.148. The van der Waals surface area contributed by atoms with Crippen LogP contribution in [0, 0.1) is 11.2 Å². The van der Waals surface area contributed by atoms with Gasteiger partial charge in [-0.15, -0.1) is 0 Å². The Morgan fingerprint density at radius 3 is 2.50 bits per heavy atom. The molecule has 0 spiro atoms. The molecule has 3 aromatic rings. The van der Waals surface area contributed by atoms with Gasteiger partial charge in [0.1, 0.15) is 12.4 Å². The molecule has 3 aromatic carbocycles. The molecule has 8 heteroatoms. The fraction of sp³-hybridized carbons (Fsp3) is 0.286. The summed E-state index contributed by atoms with van der Waals surface area (Å²) < 4.78 is 19.5. The quantitative estimate of drug-likeness (QED) is 0.416. The Hall–Kier alpha value is -3.42. The third-order valence-electron chi connectivity index (χ3n) is 6.61. The molecule has 36 heavy (non-hydrogen) atoms. The van der Waals surface area contributed by atoms with Crippen molar-refractivity contribution in [2.24, 2.45) is 11.1 Å². The standard InChI is InChI=1S/C28H28ClFN2O4/c29-22-10-11-25(30)24(15-22)21-8-6-19(7-9-21)14-23(31)16-28(26(33)34)12-13-32(18-28)27(35)36-17-20-4-2-1-3-5-20/h1-11,15,23H,12-14,16-18,31H2,(H,33,34). The molecule has 3 N–H and O–H groups in total. The molecule has 0 aliphatic carbocycles. The molecule has 0 saturated carbocycles. The highest BCUT2D eigenvalue weighted by atomic mass is 35.5. The summed E-state index contributed by atoms with van der Waals surface area (Å²) in [5, 5.41) is 10.5. The molecule has 0 bridgehead atoms. The van der Waals surface area contributed by atoms with E-state index in [9.17, 15) is 19.1 Å². The molecule has 0 aromatic heterocycles. The van der Waals surface area contributed by atoms with Crippen molar-refractivity contribution in [2.45, 2.75) is 31.9 Å². The van der Waals surface area contributed by atoms with Crippen LogP contribution in [0.2, 0.25) is 5.02 Å². The molecule has 2 unspecified atom stereocenters. The molecular weight excluding hydrogens is 483 g/mol. The largest absolute Gasteiger partial charge is 0.481 e. The molecule has 0 radical (unpaired) electrons. The van der Waals surface area contributed by atoms with Crippen LogP contribution in [0.1, 0.15) is 24.0 Å². The van der Waals surface area contributed by atoms with E-state index in [-0.39, 0.29) is 25.4 Å². The zero-order valence-electron chi connectivity index (χ0n) is 19.7. The van der Waals surface area contributed by atoms with Crippen LogP contribution in [0.25, 0.3) is 11.1 Å². The number of likely N-dealkylation sites (tertiary alicyclic amines) is 1. The maximum atomic E-state index is 14.2. The van der Waals surface area contributed by atoms with Crippen molar-refractivity contribution in [3.8, 4) is 11.1 Å². The first kappa shape index (κ1) is 25.7. The van der Waals surface area contributed by atoms with Gasteiger partial charge in [0, 0.05) is 29.7 Å². The van der Waals surface area contributed by atoms with Crippen LogP contribution in [0.3, 0.4) is 0 Å². The molecule has 1 aliphatic rings. The molecule has 6 nitrogen and oxygen atoms in total. The van der Waals surface area contributed by atoms with Gasteiger partial charge in [-0.1, -0.05) is 66.2 Å². The Morgan fingerprint density at radius 2 is 1.81 bits per heavy atom. The van der Waals surface area contributed by atoms with Gasteiger partial charge in [0.2, 0.25) is 0 Å². The lowest BCUT2D eigenvalue weighted by Gasteiger charge is -2.27. The number of amides is 1. The number of carboxylic acids is 1. The third kappa shape index (κ3) is 6.04. The Bertz CT molecular complexity index is 1220. The Morgan fingerprint density at radius 1 is 1.08 bits per heavy atom. The Balaban J connectivity index is 1.36. The maximum absolute atomic E-state index is 14.2. The number of hydrogen-bond donors (Lipinski definition) is 2. The van der Waals surface area contributed by atoms with Crippen molar-refractivity contribution in [3.63, 3.8) is 0 Å². The number of hydrogen-bond acceptors (Lipinski definition) is 4. The molecule has 1 aliphatic heterocycles. The number of aliphatic carboxylic acids is 1. The monoisotopic (exact) mass is 510 g/mol. The predicted molar refractivity (Wildman–Crippen MR) is 136 cm³/mol. The van der Waals surface area contributed by atoms with Crippen LogP contribution in [0.4, 0.5) is 9.18 Å². The van der Waals surface area contributed by atoms with E-state index in [2.05, 4.69) is 0 Å². The molecule has 188 valence electrons. The number of nitrogens with two attached hydrogens (primary N) is 1. The summed E-state index contributed by atoms with van der Waals surface area (Å²) in [6, 6.07) is 20.6. The molecule has 4 rings (SSSR count). The second-order valence-electron chi connectivity index (χ2n) is 9.29. The van der Waals surface area contributed by atoms with Gasteiger partial charge < -0.3 is 20.5 Å². The minimum Gasteiger partial charge on any atom is -0.481 e. The molecule has 1 saturated heterocycles. The number of ether oxygens (including phenoxy) is 1. The van der Waals surface area contributed by atoms with E-state index in [4.69, 9.17) is 22.1 Å². The van der Waals surface area contributed by atoms with Crippen molar-refractivity contribution in [2.75, 3.05) is 13.1 Å². The van der Waals surface area contributed by atoms with Gasteiger partial charge in [-0.3, -0.25) is 4.79 Å². The van der Waals surface area contributed by atoms with Crippen LogP contribution in [-0.2, 0) is 22.6 Å². The summed E-state index contributed by atoms with van der Waals surface area (Å²) >= 11 is 6.00. The predicted octanol–water partition coefficient (Wildman–Crippen LogP) is 5.52. The molecule has 1 heterocycles.